The Bertz CT molecular complexity index is 1600. The summed E-state index contributed by atoms with van der Waals surface area (Å²) in [6, 6.07) is 26.1. The van der Waals surface area contributed by atoms with Crippen molar-refractivity contribution >= 4 is 50.5 Å². The molecule has 1 amide bonds. The van der Waals surface area contributed by atoms with Gasteiger partial charge in [-0.15, -0.1) is 11.3 Å². The molecule has 0 aliphatic rings. The van der Waals surface area contributed by atoms with Crippen LogP contribution >= 0.6 is 27.3 Å². The first-order chi connectivity index (χ1) is 16.9. The number of anilines is 1. The quantitative estimate of drug-likeness (QED) is 0.388. The van der Waals surface area contributed by atoms with Crippen molar-refractivity contribution in [2.75, 3.05) is 5.32 Å². The molecule has 0 aliphatic heterocycles. The highest BCUT2D eigenvalue weighted by atomic mass is 79.9. The molecule has 5 nitrogen and oxygen atoms in total. The number of benzene rings is 3. The Labute approximate surface area is 215 Å². The number of aromatic nitrogens is 1. The molecule has 35 heavy (non-hydrogen) atoms. The van der Waals surface area contributed by atoms with E-state index in [9.17, 15) is 14.9 Å². The number of carbonyl (C=O) groups is 1. The molecule has 0 unspecified atom stereocenters. The van der Waals surface area contributed by atoms with E-state index >= 15 is 0 Å². The molecule has 7 heteroatoms. The number of thiazole rings is 1. The maximum absolute atomic E-state index is 13.5. The van der Waals surface area contributed by atoms with Gasteiger partial charge >= 0.3 is 0 Å². The normalized spacial score (nSPS) is 12.4. The van der Waals surface area contributed by atoms with Gasteiger partial charge in [0, 0.05) is 10.2 Å². The summed E-state index contributed by atoms with van der Waals surface area (Å²) >= 11 is 4.57. The summed E-state index contributed by atoms with van der Waals surface area (Å²) in [4.78, 5) is 26.6. The second kappa shape index (κ2) is 10.7. The Morgan fingerprint density at radius 3 is 2.40 bits per heavy atom. The van der Waals surface area contributed by atoms with Crippen LogP contribution in [0.2, 0.25) is 0 Å². The third kappa shape index (κ3) is 5.51. The first-order valence-corrected chi connectivity index (χ1v) is 12.6. The van der Waals surface area contributed by atoms with Gasteiger partial charge in [-0.2, -0.15) is 5.26 Å². The number of carbonyl (C=O) groups excluding carboxylic acids is 1. The van der Waals surface area contributed by atoms with Crippen molar-refractivity contribution < 1.29 is 4.79 Å². The summed E-state index contributed by atoms with van der Waals surface area (Å²) in [6.45, 7) is 4.19. The minimum absolute atomic E-state index is 0.127. The SMILES string of the molecule is CC(C)c1ccc(NC(=O)/C(C#N)=c2\s/c(=C/c3cccc(Br)c3)c(=O)n2-c2ccccc2)cc1. The number of halogens is 1. The summed E-state index contributed by atoms with van der Waals surface area (Å²) in [5.41, 5.74) is 2.72. The summed E-state index contributed by atoms with van der Waals surface area (Å²) < 4.78 is 3.01. The zero-order chi connectivity index (χ0) is 24.9. The fourth-order valence-electron chi connectivity index (χ4n) is 3.55. The first kappa shape index (κ1) is 24.4. The standard InChI is InChI=1S/C28H22BrN3O2S/c1-18(2)20-11-13-22(14-12-20)31-26(33)24(17-30)28-32(23-9-4-3-5-10-23)27(34)25(35-28)16-19-7-6-8-21(29)15-19/h3-16,18H,1-2H3,(H,31,33)/b25-16+,28-24-. The van der Waals surface area contributed by atoms with Crippen LogP contribution in [0.1, 0.15) is 30.9 Å². The second-order valence-electron chi connectivity index (χ2n) is 8.16. The van der Waals surface area contributed by atoms with Crippen LogP contribution < -0.4 is 20.1 Å². The molecule has 0 aliphatic carbocycles. The van der Waals surface area contributed by atoms with Gasteiger partial charge in [0.05, 0.1) is 10.2 Å². The first-order valence-electron chi connectivity index (χ1n) is 11.0. The molecule has 1 heterocycles. The van der Waals surface area contributed by atoms with E-state index in [-0.39, 0.29) is 15.8 Å². The molecule has 4 aromatic rings. The largest absolute Gasteiger partial charge is 0.321 e. The zero-order valence-electron chi connectivity index (χ0n) is 19.2. The minimum Gasteiger partial charge on any atom is -0.321 e. The monoisotopic (exact) mass is 543 g/mol. The molecule has 174 valence electrons. The van der Waals surface area contributed by atoms with Gasteiger partial charge in [0.2, 0.25) is 0 Å². The summed E-state index contributed by atoms with van der Waals surface area (Å²) in [7, 11) is 0. The van der Waals surface area contributed by atoms with Crippen LogP contribution in [0, 0.1) is 11.3 Å². The van der Waals surface area contributed by atoms with Crippen molar-refractivity contribution in [3.05, 3.63) is 114 Å². The fourth-order valence-corrected chi connectivity index (χ4v) is 5.07. The van der Waals surface area contributed by atoms with Crippen molar-refractivity contribution in [2.45, 2.75) is 19.8 Å². The van der Waals surface area contributed by atoms with Crippen molar-refractivity contribution in [3.63, 3.8) is 0 Å². The minimum atomic E-state index is -0.565. The number of nitrogens with zero attached hydrogens (tertiary/aromatic N) is 2. The smallest absolute Gasteiger partial charge is 0.273 e. The average molecular weight is 544 g/mol. The maximum Gasteiger partial charge on any atom is 0.273 e. The van der Waals surface area contributed by atoms with Crippen molar-refractivity contribution in [2.24, 2.45) is 0 Å². The molecule has 0 saturated heterocycles. The Morgan fingerprint density at radius 1 is 1.06 bits per heavy atom. The molecule has 0 fully saturated rings. The van der Waals surface area contributed by atoms with Crippen LogP contribution in [0.25, 0.3) is 17.3 Å². The molecule has 4 rings (SSSR count). The fraction of sp³-hybridized carbons (Fsp3) is 0.107. The van der Waals surface area contributed by atoms with Gasteiger partial charge < -0.3 is 5.32 Å². The van der Waals surface area contributed by atoms with Crippen LogP contribution in [-0.2, 0) is 4.79 Å². The second-order valence-corrected chi connectivity index (χ2v) is 10.1. The Hall–Kier alpha value is -3.73. The van der Waals surface area contributed by atoms with Crippen LogP contribution in [-0.4, -0.2) is 10.5 Å². The van der Waals surface area contributed by atoms with E-state index in [4.69, 9.17) is 0 Å². The van der Waals surface area contributed by atoms with Crippen molar-refractivity contribution in [3.8, 4) is 11.8 Å². The molecule has 0 bridgehead atoms. The molecular formula is C28H22BrN3O2S. The highest BCUT2D eigenvalue weighted by molar-refractivity contribution is 9.10. The third-order valence-electron chi connectivity index (χ3n) is 5.37. The van der Waals surface area contributed by atoms with E-state index in [1.54, 1.807) is 18.2 Å². The van der Waals surface area contributed by atoms with Gasteiger partial charge in [0.15, 0.2) is 5.57 Å². The molecule has 3 aromatic carbocycles. The van der Waals surface area contributed by atoms with E-state index in [0.717, 1.165) is 26.9 Å². The summed E-state index contributed by atoms with van der Waals surface area (Å²) in [5.74, 6) is -0.197. The molecule has 0 spiro atoms. The lowest BCUT2D eigenvalue weighted by atomic mass is 10.0. The van der Waals surface area contributed by atoms with Gasteiger partial charge in [-0.25, -0.2) is 0 Å². The summed E-state index contributed by atoms with van der Waals surface area (Å²) in [5, 5.41) is 12.8. The molecule has 0 saturated carbocycles. The number of para-hydroxylation sites is 1. The Balaban J connectivity index is 1.88. The topological polar surface area (TPSA) is 74.9 Å². The van der Waals surface area contributed by atoms with E-state index in [0.29, 0.717) is 21.8 Å². The van der Waals surface area contributed by atoms with Gasteiger partial charge in [-0.3, -0.25) is 14.2 Å². The summed E-state index contributed by atoms with van der Waals surface area (Å²) in [6.07, 6.45) is 1.76. The lowest BCUT2D eigenvalue weighted by Crippen LogP contribution is -2.32. The van der Waals surface area contributed by atoms with E-state index in [2.05, 4.69) is 35.1 Å². The highest BCUT2D eigenvalue weighted by Gasteiger charge is 2.17. The molecule has 1 aromatic heterocycles. The molecule has 1 N–H and O–H groups in total. The predicted octanol–water partition coefficient (Wildman–Crippen LogP) is 4.93. The van der Waals surface area contributed by atoms with Gasteiger partial charge in [-0.05, 0) is 59.5 Å². The Morgan fingerprint density at radius 2 is 1.77 bits per heavy atom. The Kier molecular flexibility index (Phi) is 7.45. The van der Waals surface area contributed by atoms with Gasteiger partial charge in [0.25, 0.3) is 11.5 Å². The lowest BCUT2D eigenvalue weighted by Gasteiger charge is -2.08. The van der Waals surface area contributed by atoms with Crippen LogP contribution in [0.5, 0.6) is 0 Å². The predicted molar refractivity (Wildman–Crippen MR) is 145 cm³/mol. The number of rotatable bonds is 5. The number of hydrogen-bond acceptors (Lipinski definition) is 4. The van der Waals surface area contributed by atoms with Gasteiger partial charge in [-0.1, -0.05) is 72.2 Å². The number of amides is 1. The van der Waals surface area contributed by atoms with E-state index in [1.807, 2.05) is 72.8 Å². The van der Waals surface area contributed by atoms with Gasteiger partial charge in [0.1, 0.15) is 10.7 Å². The molecular weight excluding hydrogens is 522 g/mol. The number of nitrogens with one attached hydrogen (secondary N) is 1. The van der Waals surface area contributed by atoms with E-state index < -0.39 is 5.91 Å². The average Bonchev–Trinajstić information content (AvgIpc) is 3.15. The van der Waals surface area contributed by atoms with Crippen LogP contribution in [0.4, 0.5) is 5.69 Å². The van der Waals surface area contributed by atoms with Crippen molar-refractivity contribution in [1.82, 2.24) is 4.57 Å². The van der Waals surface area contributed by atoms with Crippen LogP contribution in [0.15, 0.2) is 88.1 Å². The zero-order valence-corrected chi connectivity index (χ0v) is 21.6. The van der Waals surface area contributed by atoms with Crippen LogP contribution in [0.3, 0.4) is 0 Å². The number of hydrogen-bond donors (Lipinski definition) is 1. The maximum atomic E-state index is 13.5. The van der Waals surface area contributed by atoms with Crippen molar-refractivity contribution in [1.29, 1.82) is 5.26 Å². The lowest BCUT2D eigenvalue weighted by molar-refractivity contribution is -0.111. The van der Waals surface area contributed by atoms with E-state index in [1.165, 1.54) is 4.57 Å². The number of nitriles is 1. The molecule has 0 radical (unpaired) electrons. The molecule has 0 atom stereocenters. The third-order valence-corrected chi connectivity index (χ3v) is 6.96. The highest BCUT2D eigenvalue weighted by Crippen LogP contribution is 2.18.